The molecule has 0 radical (unpaired) electrons. The van der Waals surface area contributed by atoms with E-state index in [1.165, 1.54) is 10.9 Å². The molecule has 0 aliphatic carbocycles. The van der Waals surface area contributed by atoms with E-state index in [2.05, 4.69) is 4.98 Å². The number of hydrogen-bond acceptors (Lipinski definition) is 3. The van der Waals surface area contributed by atoms with Gasteiger partial charge in [-0.1, -0.05) is 0 Å². The number of halogens is 1. The molecule has 3 rings (SSSR count). The highest BCUT2D eigenvalue weighted by atomic mass is 35.5. The van der Waals surface area contributed by atoms with Crippen molar-refractivity contribution < 1.29 is 9.47 Å². The lowest BCUT2D eigenvalue weighted by Crippen LogP contribution is -2.17. The average Bonchev–Trinajstić information content (AvgIpc) is 2.68. The van der Waals surface area contributed by atoms with Crippen LogP contribution in [0.4, 0.5) is 0 Å². The van der Waals surface area contributed by atoms with Crippen molar-refractivity contribution in [3.63, 3.8) is 0 Å². The first-order valence-electron chi connectivity index (χ1n) is 5.89. The zero-order valence-electron chi connectivity index (χ0n) is 10.2. The molecule has 0 spiro atoms. The Hall–Kier alpha value is -1.39. The number of rotatable bonds is 2. The van der Waals surface area contributed by atoms with Crippen LogP contribution < -0.4 is 15.2 Å². The Bertz CT molecular complexity index is 551. The van der Waals surface area contributed by atoms with E-state index in [9.17, 15) is 0 Å². The van der Waals surface area contributed by atoms with Gasteiger partial charge in [-0.2, -0.15) is 0 Å². The minimum atomic E-state index is 0. The lowest BCUT2D eigenvalue weighted by Gasteiger charge is -2.18. The van der Waals surface area contributed by atoms with Gasteiger partial charge in [-0.25, -0.2) is 0 Å². The Kier molecular flexibility index (Phi) is 3.68. The van der Waals surface area contributed by atoms with Gasteiger partial charge in [0, 0.05) is 29.2 Å². The predicted molar refractivity (Wildman–Crippen MR) is 73.9 cm³/mol. The lowest BCUT2D eigenvalue weighted by molar-refractivity contribution is 0.172. The standard InChI is InChI=1S/C13H16N2O2.ClH/c1-8(14)4-9-7-15-11-6-13-12(5-10(9)11)16-2-3-17-13;/h5-8,15H,2-4,14H2,1H3;1H. The molecule has 2 aromatic rings. The summed E-state index contributed by atoms with van der Waals surface area (Å²) in [5.74, 6) is 1.65. The van der Waals surface area contributed by atoms with Crippen LogP contribution in [0.2, 0.25) is 0 Å². The van der Waals surface area contributed by atoms with Gasteiger partial charge in [0.25, 0.3) is 0 Å². The van der Waals surface area contributed by atoms with Gasteiger partial charge in [0.15, 0.2) is 11.5 Å². The fraction of sp³-hybridized carbons (Fsp3) is 0.385. The molecule has 5 heteroatoms. The number of H-pyrrole nitrogens is 1. The van der Waals surface area contributed by atoms with E-state index in [0.29, 0.717) is 13.2 Å². The molecule has 0 bridgehead atoms. The van der Waals surface area contributed by atoms with E-state index in [0.717, 1.165) is 23.4 Å². The number of benzene rings is 1. The first-order chi connectivity index (χ1) is 8.24. The number of fused-ring (bicyclic) bond motifs is 2. The van der Waals surface area contributed by atoms with Gasteiger partial charge in [-0.15, -0.1) is 12.4 Å². The minimum absolute atomic E-state index is 0. The van der Waals surface area contributed by atoms with E-state index in [4.69, 9.17) is 15.2 Å². The zero-order chi connectivity index (χ0) is 11.8. The van der Waals surface area contributed by atoms with Crippen LogP contribution in [0.15, 0.2) is 18.3 Å². The number of nitrogens with two attached hydrogens (primary N) is 1. The summed E-state index contributed by atoms with van der Waals surface area (Å²) in [6.07, 6.45) is 2.87. The molecule has 0 amide bonds. The van der Waals surface area contributed by atoms with Crippen molar-refractivity contribution in [3.05, 3.63) is 23.9 Å². The van der Waals surface area contributed by atoms with Gasteiger partial charge in [0.05, 0.1) is 0 Å². The molecule has 0 saturated carbocycles. The Morgan fingerprint density at radius 3 is 2.61 bits per heavy atom. The summed E-state index contributed by atoms with van der Waals surface area (Å²) in [7, 11) is 0. The maximum absolute atomic E-state index is 5.84. The summed E-state index contributed by atoms with van der Waals surface area (Å²) in [6, 6.07) is 4.19. The van der Waals surface area contributed by atoms with Crippen LogP contribution in [0.5, 0.6) is 11.5 Å². The van der Waals surface area contributed by atoms with Crippen LogP contribution in [-0.4, -0.2) is 24.2 Å². The number of hydrogen-bond donors (Lipinski definition) is 2. The molecule has 1 atom stereocenters. The van der Waals surface area contributed by atoms with Crippen molar-refractivity contribution in [2.75, 3.05) is 13.2 Å². The molecule has 1 aromatic carbocycles. The number of aromatic amines is 1. The van der Waals surface area contributed by atoms with Gasteiger partial charge in [-0.05, 0) is 25.0 Å². The van der Waals surface area contributed by atoms with Crippen LogP contribution in [0.25, 0.3) is 10.9 Å². The fourth-order valence-corrected chi connectivity index (χ4v) is 2.23. The monoisotopic (exact) mass is 268 g/mol. The van der Waals surface area contributed by atoms with Crippen molar-refractivity contribution in [2.45, 2.75) is 19.4 Å². The third-order valence-electron chi connectivity index (χ3n) is 2.97. The fourth-order valence-electron chi connectivity index (χ4n) is 2.23. The average molecular weight is 269 g/mol. The van der Waals surface area contributed by atoms with E-state index in [1.54, 1.807) is 0 Å². The Labute approximate surface area is 112 Å². The molecule has 1 aliphatic heterocycles. The van der Waals surface area contributed by atoms with Crippen molar-refractivity contribution in [1.29, 1.82) is 0 Å². The largest absolute Gasteiger partial charge is 0.486 e. The second-order valence-electron chi connectivity index (χ2n) is 4.54. The molecule has 1 unspecified atom stereocenters. The Balaban J connectivity index is 0.00000120. The summed E-state index contributed by atoms with van der Waals surface area (Å²) in [5, 5.41) is 1.17. The highest BCUT2D eigenvalue weighted by Gasteiger charge is 2.15. The Morgan fingerprint density at radius 2 is 1.94 bits per heavy atom. The van der Waals surface area contributed by atoms with Crippen LogP contribution in [0.3, 0.4) is 0 Å². The van der Waals surface area contributed by atoms with Gasteiger partial charge in [-0.3, -0.25) is 0 Å². The van der Waals surface area contributed by atoms with Crippen LogP contribution in [-0.2, 0) is 6.42 Å². The molecule has 98 valence electrons. The molecule has 4 nitrogen and oxygen atoms in total. The normalized spacial score (nSPS) is 15.2. The molecule has 18 heavy (non-hydrogen) atoms. The van der Waals surface area contributed by atoms with Crippen LogP contribution in [0, 0.1) is 0 Å². The quantitative estimate of drug-likeness (QED) is 0.878. The zero-order valence-corrected chi connectivity index (χ0v) is 11.0. The van der Waals surface area contributed by atoms with Crippen LogP contribution >= 0.6 is 12.4 Å². The van der Waals surface area contributed by atoms with E-state index in [-0.39, 0.29) is 18.4 Å². The molecular weight excluding hydrogens is 252 g/mol. The van der Waals surface area contributed by atoms with Crippen molar-refractivity contribution >= 4 is 23.3 Å². The van der Waals surface area contributed by atoms with Gasteiger partial charge < -0.3 is 20.2 Å². The first kappa shape index (κ1) is 13.1. The van der Waals surface area contributed by atoms with Gasteiger partial charge in [0.1, 0.15) is 13.2 Å². The SMILES string of the molecule is CC(N)Cc1c[nH]c2cc3c(cc12)OCCO3.Cl. The highest BCUT2D eigenvalue weighted by molar-refractivity contribution is 5.87. The second kappa shape index (κ2) is 5.08. The van der Waals surface area contributed by atoms with E-state index < -0.39 is 0 Å². The minimum Gasteiger partial charge on any atom is -0.486 e. The maximum Gasteiger partial charge on any atom is 0.163 e. The molecule has 0 saturated heterocycles. The van der Waals surface area contributed by atoms with E-state index >= 15 is 0 Å². The summed E-state index contributed by atoms with van der Waals surface area (Å²) >= 11 is 0. The van der Waals surface area contributed by atoms with Crippen molar-refractivity contribution in [1.82, 2.24) is 4.98 Å². The third-order valence-corrected chi connectivity index (χ3v) is 2.97. The third kappa shape index (κ3) is 2.26. The van der Waals surface area contributed by atoms with Gasteiger partial charge in [0.2, 0.25) is 0 Å². The molecule has 3 N–H and O–H groups in total. The predicted octanol–water partition coefficient (Wildman–Crippen LogP) is 2.25. The number of ether oxygens (including phenoxy) is 2. The van der Waals surface area contributed by atoms with Gasteiger partial charge >= 0.3 is 0 Å². The summed E-state index contributed by atoms with van der Waals surface area (Å²) in [5.41, 5.74) is 8.15. The topological polar surface area (TPSA) is 60.3 Å². The molecule has 2 heterocycles. The van der Waals surface area contributed by atoms with Crippen molar-refractivity contribution in [3.8, 4) is 11.5 Å². The smallest absolute Gasteiger partial charge is 0.163 e. The first-order valence-corrected chi connectivity index (χ1v) is 5.89. The summed E-state index contributed by atoms with van der Waals surface area (Å²) in [6.45, 7) is 3.24. The Morgan fingerprint density at radius 1 is 1.28 bits per heavy atom. The molecular formula is C13H17ClN2O2. The number of aromatic nitrogens is 1. The van der Waals surface area contributed by atoms with E-state index in [1.807, 2.05) is 25.3 Å². The highest BCUT2D eigenvalue weighted by Crippen LogP contribution is 2.35. The molecule has 0 fully saturated rings. The maximum atomic E-state index is 5.84. The molecule has 1 aromatic heterocycles. The number of nitrogens with one attached hydrogen (secondary N) is 1. The van der Waals surface area contributed by atoms with Crippen molar-refractivity contribution in [2.24, 2.45) is 5.73 Å². The summed E-state index contributed by atoms with van der Waals surface area (Å²) in [4.78, 5) is 3.25. The lowest BCUT2D eigenvalue weighted by atomic mass is 10.1. The summed E-state index contributed by atoms with van der Waals surface area (Å²) < 4.78 is 11.1. The van der Waals surface area contributed by atoms with Crippen LogP contribution in [0.1, 0.15) is 12.5 Å². The molecule has 1 aliphatic rings. The second-order valence-corrected chi connectivity index (χ2v) is 4.54.